The van der Waals surface area contributed by atoms with Crippen LogP contribution in [0.15, 0.2) is 40.9 Å². The highest BCUT2D eigenvalue weighted by molar-refractivity contribution is 9.10. The van der Waals surface area contributed by atoms with Crippen LogP contribution < -0.4 is 5.73 Å². The smallest absolute Gasteiger partial charge is 0.132 e. The molecule has 0 saturated heterocycles. The number of rotatable bonds is 6. The molecule has 132 valence electrons. The Morgan fingerprint density at radius 3 is 2.33 bits per heavy atom. The number of hydrogen-bond donors (Lipinski definition) is 3. The molecule has 0 aromatic heterocycles. The SMILES string of the molecule is Cl.NC(CO)(CO)CCc1ccc(-c2ccc(Br)cc2F)cc1Cl. The highest BCUT2D eigenvalue weighted by Crippen LogP contribution is 2.30. The molecular formula is C17H19BrCl2FNO2. The largest absolute Gasteiger partial charge is 0.394 e. The molecule has 0 heterocycles. The molecule has 0 aliphatic carbocycles. The van der Waals surface area contributed by atoms with Crippen LogP contribution in [0.4, 0.5) is 4.39 Å². The Hall–Kier alpha value is -0.690. The summed E-state index contributed by atoms with van der Waals surface area (Å²) in [5.74, 6) is -0.329. The first-order valence-corrected chi connectivity index (χ1v) is 8.30. The summed E-state index contributed by atoms with van der Waals surface area (Å²) >= 11 is 9.51. The third-order valence-corrected chi connectivity index (χ3v) is 4.66. The van der Waals surface area contributed by atoms with E-state index in [9.17, 15) is 14.6 Å². The van der Waals surface area contributed by atoms with E-state index in [4.69, 9.17) is 17.3 Å². The molecule has 0 bridgehead atoms. The van der Waals surface area contributed by atoms with Gasteiger partial charge in [0.2, 0.25) is 0 Å². The molecule has 2 aromatic carbocycles. The second-order valence-electron chi connectivity index (χ2n) is 5.61. The maximum atomic E-state index is 14.0. The van der Waals surface area contributed by atoms with Crippen LogP contribution in [-0.2, 0) is 6.42 Å². The fourth-order valence-electron chi connectivity index (χ4n) is 2.23. The molecule has 0 amide bonds. The van der Waals surface area contributed by atoms with E-state index in [0.717, 1.165) is 5.56 Å². The number of halogens is 4. The van der Waals surface area contributed by atoms with Crippen molar-refractivity contribution in [3.63, 3.8) is 0 Å². The average Bonchev–Trinajstić information content (AvgIpc) is 2.53. The predicted octanol–water partition coefficient (Wildman–Crippen LogP) is 3.95. The van der Waals surface area contributed by atoms with E-state index < -0.39 is 5.54 Å². The lowest BCUT2D eigenvalue weighted by molar-refractivity contribution is 0.115. The van der Waals surface area contributed by atoms with E-state index >= 15 is 0 Å². The van der Waals surface area contributed by atoms with E-state index in [1.54, 1.807) is 24.3 Å². The molecule has 0 aliphatic heterocycles. The van der Waals surface area contributed by atoms with Gasteiger partial charge >= 0.3 is 0 Å². The van der Waals surface area contributed by atoms with Gasteiger partial charge in [0, 0.05) is 15.1 Å². The van der Waals surface area contributed by atoms with Crippen LogP contribution >= 0.6 is 39.9 Å². The van der Waals surface area contributed by atoms with Crippen LogP contribution in [0.25, 0.3) is 11.1 Å². The molecular weight excluding hydrogens is 420 g/mol. The number of aryl methyl sites for hydroxylation is 1. The van der Waals surface area contributed by atoms with Gasteiger partial charge in [-0.05, 0) is 42.2 Å². The average molecular weight is 439 g/mol. The molecule has 0 fully saturated rings. The van der Waals surface area contributed by atoms with Crippen molar-refractivity contribution >= 4 is 39.9 Å². The minimum atomic E-state index is -1.03. The van der Waals surface area contributed by atoms with Crippen LogP contribution in [0.1, 0.15) is 12.0 Å². The number of nitrogens with two attached hydrogens (primary N) is 1. The third kappa shape index (κ3) is 5.15. The van der Waals surface area contributed by atoms with Crippen LogP contribution in [0.5, 0.6) is 0 Å². The quantitative estimate of drug-likeness (QED) is 0.639. The zero-order valence-corrected chi connectivity index (χ0v) is 16.0. The summed E-state index contributed by atoms with van der Waals surface area (Å²) in [5, 5.41) is 18.9. The summed E-state index contributed by atoms with van der Waals surface area (Å²) in [5.41, 5.74) is 6.82. The second-order valence-corrected chi connectivity index (χ2v) is 6.93. The van der Waals surface area contributed by atoms with Crippen LogP contribution in [0.3, 0.4) is 0 Å². The minimum Gasteiger partial charge on any atom is -0.394 e. The van der Waals surface area contributed by atoms with Gasteiger partial charge in [-0.1, -0.05) is 45.7 Å². The van der Waals surface area contributed by atoms with Gasteiger partial charge in [0.15, 0.2) is 0 Å². The molecule has 3 nitrogen and oxygen atoms in total. The lowest BCUT2D eigenvalue weighted by atomic mass is 9.93. The Kier molecular flexibility index (Phi) is 8.12. The van der Waals surface area contributed by atoms with Gasteiger partial charge in [-0.2, -0.15) is 0 Å². The van der Waals surface area contributed by atoms with Crippen molar-refractivity contribution in [2.75, 3.05) is 13.2 Å². The fraction of sp³-hybridized carbons (Fsp3) is 0.294. The Bertz CT molecular complexity index is 696. The summed E-state index contributed by atoms with van der Waals surface area (Å²) in [6, 6.07) is 10.2. The third-order valence-electron chi connectivity index (χ3n) is 3.82. The van der Waals surface area contributed by atoms with Crippen molar-refractivity contribution in [2.45, 2.75) is 18.4 Å². The van der Waals surface area contributed by atoms with Gasteiger partial charge in [-0.3, -0.25) is 0 Å². The summed E-state index contributed by atoms with van der Waals surface area (Å²) < 4.78 is 14.7. The van der Waals surface area contributed by atoms with E-state index in [2.05, 4.69) is 15.9 Å². The Labute approximate surface area is 160 Å². The predicted molar refractivity (Wildman–Crippen MR) is 101 cm³/mol. The molecule has 4 N–H and O–H groups in total. The molecule has 0 unspecified atom stereocenters. The topological polar surface area (TPSA) is 66.5 Å². The lowest BCUT2D eigenvalue weighted by Crippen LogP contribution is -2.47. The van der Waals surface area contributed by atoms with Crippen molar-refractivity contribution in [1.29, 1.82) is 0 Å². The van der Waals surface area contributed by atoms with E-state index in [1.807, 2.05) is 6.07 Å². The van der Waals surface area contributed by atoms with Gasteiger partial charge in [-0.15, -0.1) is 12.4 Å². The van der Waals surface area contributed by atoms with E-state index in [1.165, 1.54) is 6.07 Å². The zero-order chi connectivity index (χ0) is 17.0. The summed E-state index contributed by atoms with van der Waals surface area (Å²) in [7, 11) is 0. The molecule has 0 radical (unpaired) electrons. The van der Waals surface area contributed by atoms with Gasteiger partial charge in [0.05, 0.1) is 18.8 Å². The normalized spacial score (nSPS) is 11.2. The van der Waals surface area contributed by atoms with Gasteiger partial charge in [0.25, 0.3) is 0 Å². The molecule has 0 atom stereocenters. The molecule has 0 aliphatic rings. The molecule has 2 aromatic rings. The lowest BCUT2D eigenvalue weighted by Gasteiger charge is -2.24. The zero-order valence-electron chi connectivity index (χ0n) is 12.8. The first-order chi connectivity index (χ1) is 10.9. The number of aliphatic hydroxyl groups excluding tert-OH is 2. The maximum Gasteiger partial charge on any atom is 0.132 e. The minimum absolute atomic E-state index is 0. The molecule has 0 spiro atoms. The second kappa shape index (κ2) is 9.13. The first-order valence-electron chi connectivity index (χ1n) is 7.13. The fourth-order valence-corrected chi connectivity index (χ4v) is 2.84. The van der Waals surface area contributed by atoms with E-state index in [0.29, 0.717) is 33.5 Å². The van der Waals surface area contributed by atoms with E-state index in [-0.39, 0.29) is 31.4 Å². The number of benzene rings is 2. The summed E-state index contributed by atoms with van der Waals surface area (Å²) in [6.45, 7) is -0.605. The van der Waals surface area contributed by atoms with Crippen LogP contribution in [0, 0.1) is 5.82 Å². The Morgan fingerprint density at radius 1 is 1.12 bits per heavy atom. The van der Waals surface area contributed by atoms with Gasteiger partial charge in [0.1, 0.15) is 5.82 Å². The van der Waals surface area contributed by atoms with Crippen molar-refractivity contribution in [1.82, 2.24) is 0 Å². The Morgan fingerprint density at radius 2 is 1.79 bits per heavy atom. The Balaban J connectivity index is 0.00000288. The van der Waals surface area contributed by atoms with Crippen molar-refractivity contribution in [3.05, 3.63) is 57.3 Å². The molecule has 24 heavy (non-hydrogen) atoms. The van der Waals surface area contributed by atoms with Crippen LogP contribution in [0.2, 0.25) is 5.02 Å². The summed E-state index contributed by atoms with van der Waals surface area (Å²) in [4.78, 5) is 0. The monoisotopic (exact) mass is 437 g/mol. The summed E-state index contributed by atoms with van der Waals surface area (Å²) in [6.07, 6.45) is 0.908. The molecule has 7 heteroatoms. The van der Waals surface area contributed by atoms with Crippen molar-refractivity contribution in [3.8, 4) is 11.1 Å². The standard InChI is InChI=1S/C17H18BrClFNO2.ClH/c18-13-3-4-14(16(20)8-13)12-2-1-11(15(19)7-12)5-6-17(21,9-22)10-23;/h1-4,7-8,22-23H,5-6,9-10,21H2;1H. The van der Waals surface area contributed by atoms with Gasteiger partial charge in [-0.25, -0.2) is 4.39 Å². The first kappa shape index (κ1) is 21.4. The maximum absolute atomic E-state index is 14.0. The number of hydrogen-bond acceptors (Lipinski definition) is 3. The van der Waals surface area contributed by atoms with Crippen molar-refractivity contribution in [2.24, 2.45) is 5.73 Å². The highest BCUT2D eigenvalue weighted by Gasteiger charge is 2.23. The van der Waals surface area contributed by atoms with Gasteiger partial charge < -0.3 is 15.9 Å². The van der Waals surface area contributed by atoms with Crippen molar-refractivity contribution < 1.29 is 14.6 Å². The highest BCUT2D eigenvalue weighted by atomic mass is 79.9. The van der Waals surface area contributed by atoms with Crippen LogP contribution in [-0.4, -0.2) is 29.0 Å². The molecule has 2 rings (SSSR count). The molecule has 0 saturated carbocycles. The number of aliphatic hydroxyl groups is 2.